The molecule has 0 atom stereocenters. The number of hydrogen-bond acceptors (Lipinski definition) is 2. The summed E-state index contributed by atoms with van der Waals surface area (Å²) >= 11 is 0. The quantitative estimate of drug-likeness (QED) is 0.934. The number of urea groups is 1. The molecule has 0 spiro atoms. The minimum atomic E-state index is -0.352. The molecule has 23 heavy (non-hydrogen) atoms. The van der Waals surface area contributed by atoms with E-state index in [1.165, 1.54) is 5.56 Å². The molecule has 4 heteroatoms. The standard InChI is InChI=1S/C19H20N2O2/c1-13(2)14-3-5-15(6-4-14)16-7-9-17(10-8-16)21-12-11-18(22)20-19(21)23/h3-10,13H,11-12H2,1-2H3,(H,20,22,23). The molecule has 1 aliphatic heterocycles. The number of carbonyl (C=O) groups excluding carboxylic acids is 2. The van der Waals surface area contributed by atoms with Crippen molar-refractivity contribution in [3.05, 3.63) is 54.1 Å². The van der Waals surface area contributed by atoms with Gasteiger partial charge in [-0.15, -0.1) is 0 Å². The van der Waals surface area contributed by atoms with E-state index in [1.807, 2.05) is 24.3 Å². The van der Waals surface area contributed by atoms with Crippen LogP contribution in [0.1, 0.15) is 31.7 Å². The molecule has 1 N–H and O–H groups in total. The van der Waals surface area contributed by atoms with Crippen molar-refractivity contribution < 1.29 is 9.59 Å². The molecular formula is C19H20N2O2. The second-order valence-corrected chi connectivity index (χ2v) is 6.08. The van der Waals surface area contributed by atoms with E-state index in [2.05, 4.69) is 43.4 Å². The second kappa shape index (κ2) is 6.24. The van der Waals surface area contributed by atoms with E-state index in [0.29, 0.717) is 18.9 Å². The molecule has 1 aliphatic rings. The largest absolute Gasteiger partial charge is 0.328 e. The monoisotopic (exact) mass is 308 g/mol. The van der Waals surface area contributed by atoms with E-state index in [1.54, 1.807) is 4.90 Å². The van der Waals surface area contributed by atoms with Crippen LogP contribution in [-0.4, -0.2) is 18.5 Å². The Morgan fingerprint density at radius 3 is 2.00 bits per heavy atom. The first-order valence-corrected chi connectivity index (χ1v) is 7.86. The zero-order valence-electron chi connectivity index (χ0n) is 13.4. The van der Waals surface area contributed by atoms with Crippen LogP contribution in [0.25, 0.3) is 11.1 Å². The molecule has 2 aromatic rings. The lowest BCUT2D eigenvalue weighted by Crippen LogP contribution is -2.49. The highest BCUT2D eigenvalue weighted by molar-refractivity contribution is 6.05. The van der Waals surface area contributed by atoms with Crippen LogP contribution in [-0.2, 0) is 4.79 Å². The zero-order chi connectivity index (χ0) is 16.4. The predicted octanol–water partition coefficient (Wildman–Crippen LogP) is 3.92. The summed E-state index contributed by atoms with van der Waals surface area (Å²) in [6.07, 6.45) is 0.337. The van der Waals surface area contributed by atoms with Crippen LogP contribution in [0.5, 0.6) is 0 Å². The van der Waals surface area contributed by atoms with E-state index >= 15 is 0 Å². The van der Waals surface area contributed by atoms with Crippen LogP contribution in [0.4, 0.5) is 10.5 Å². The first-order valence-electron chi connectivity index (χ1n) is 7.86. The summed E-state index contributed by atoms with van der Waals surface area (Å²) < 4.78 is 0. The fourth-order valence-corrected chi connectivity index (χ4v) is 2.70. The molecule has 118 valence electrons. The van der Waals surface area contributed by atoms with Gasteiger partial charge < -0.3 is 0 Å². The Labute approximate surface area is 136 Å². The van der Waals surface area contributed by atoms with Crippen LogP contribution in [0.3, 0.4) is 0 Å². The first kappa shape index (κ1) is 15.3. The van der Waals surface area contributed by atoms with Crippen molar-refractivity contribution in [1.82, 2.24) is 5.32 Å². The lowest BCUT2D eigenvalue weighted by molar-refractivity contribution is -0.120. The first-order chi connectivity index (χ1) is 11.0. The molecule has 0 aromatic heterocycles. The average Bonchev–Trinajstić information content (AvgIpc) is 2.55. The number of anilines is 1. The van der Waals surface area contributed by atoms with Gasteiger partial charge in [-0.05, 0) is 34.7 Å². The molecule has 3 rings (SSSR count). The van der Waals surface area contributed by atoms with Gasteiger partial charge in [-0.25, -0.2) is 4.79 Å². The van der Waals surface area contributed by atoms with E-state index in [-0.39, 0.29) is 11.9 Å². The molecule has 1 saturated heterocycles. The summed E-state index contributed by atoms with van der Waals surface area (Å²) in [5.74, 6) is 0.305. The third-order valence-corrected chi connectivity index (χ3v) is 4.14. The maximum atomic E-state index is 11.9. The number of amides is 3. The molecule has 3 amide bonds. The highest BCUT2D eigenvalue weighted by Crippen LogP contribution is 2.25. The molecule has 1 heterocycles. The van der Waals surface area contributed by atoms with Gasteiger partial charge in [0.15, 0.2) is 0 Å². The highest BCUT2D eigenvalue weighted by atomic mass is 16.2. The molecule has 0 radical (unpaired) electrons. The Hall–Kier alpha value is -2.62. The summed E-state index contributed by atoms with van der Waals surface area (Å²) in [6, 6.07) is 16.0. The smallest absolute Gasteiger partial charge is 0.294 e. The highest BCUT2D eigenvalue weighted by Gasteiger charge is 2.23. The minimum Gasteiger partial charge on any atom is -0.294 e. The molecule has 0 unspecified atom stereocenters. The van der Waals surface area contributed by atoms with Crippen molar-refractivity contribution >= 4 is 17.6 Å². The number of benzene rings is 2. The summed E-state index contributed by atoms with van der Waals surface area (Å²) in [5, 5.41) is 2.34. The van der Waals surface area contributed by atoms with Crippen molar-refractivity contribution in [3.63, 3.8) is 0 Å². The van der Waals surface area contributed by atoms with Crippen LogP contribution in [0.15, 0.2) is 48.5 Å². The van der Waals surface area contributed by atoms with Crippen molar-refractivity contribution in [3.8, 4) is 11.1 Å². The van der Waals surface area contributed by atoms with E-state index in [9.17, 15) is 9.59 Å². The van der Waals surface area contributed by atoms with E-state index in [4.69, 9.17) is 0 Å². The van der Waals surface area contributed by atoms with E-state index in [0.717, 1.165) is 16.8 Å². The van der Waals surface area contributed by atoms with Gasteiger partial charge in [-0.2, -0.15) is 0 Å². The number of carbonyl (C=O) groups is 2. The fraction of sp³-hybridized carbons (Fsp3) is 0.263. The minimum absolute atomic E-state index is 0.215. The number of rotatable bonds is 3. The van der Waals surface area contributed by atoms with Crippen LogP contribution in [0, 0.1) is 0 Å². The summed E-state index contributed by atoms with van der Waals surface area (Å²) in [4.78, 5) is 24.7. The Kier molecular flexibility index (Phi) is 4.15. The van der Waals surface area contributed by atoms with Crippen molar-refractivity contribution in [2.75, 3.05) is 11.4 Å². The molecule has 0 saturated carbocycles. The zero-order valence-corrected chi connectivity index (χ0v) is 13.4. The van der Waals surface area contributed by atoms with Crippen molar-refractivity contribution in [2.24, 2.45) is 0 Å². The van der Waals surface area contributed by atoms with Gasteiger partial charge in [0.25, 0.3) is 0 Å². The lowest BCUT2D eigenvalue weighted by Gasteiger charge is -2.26. The summed E-state index contributed by atoms with van der Waals surface area (Å²) in [5.41, 5.74) is 4.38. The predicted molar refractivity (Wildman–Crippen MR) is 91.5 cm³/mol. The molecule has 0 bridgehead atoms. The summed E-state index contributed by atoms with van der Waals surface area (Å²) in [6.45, 7) is 4.78. The lowest BCUT2D eigenvalue weighted by atomic mass is 9.98. The van der Waals surface area contributed by atoms with Crippen LogP contribution >= 0.6 is 0 Å². The van der Waals surface area contributed by atoms with Gasteiger partial charge in [0, 0.05) is 18.7 Å². The third kappa shape index (κ3) is 3.26. The Morgan fingerprint density at radius 2 is 1.48 bits per heavy atom. The van der Waals surface area contributed by atoms with Gasteiger partial charge in [-0.1, -0.05) is 50.2 Å². The molecule has 2 aromatic carbocycles. The van der Waals surface area contributed by atoms with Crippen LogP contribution in [0.2, 0.25) is 0 Å². The van der Waals surface area contributed by atoms with Crippen molar-refractivity contribution in [2.45, 2.75) is 26.2 Å². The number of imide groups is 1. The summed E-state index contributed by atoms with van der Waals surface area (Å²) in [7, 11) is 0. The number of hydrogen-bond donors (Lipinski definition) is 1. The maximum Gasteiger partial charge on any atom is 0.328 e. The topological polar surface area (TPSA) is 49.4 Å². The Bertz CT molecular complexity index is 718. The molecule has 1 fully saturated rings. The van der Waals surface area contributed by atoms with Gasteiger partial charge in [0.05, 0.1) is 0 Å². The molecule has 0 aliphatic carbocycles. The normalized spacial score (nSPS) is 15.0. The van der Waals surface area contributed by atoms with E-state index < -0.39 is 0 Å². The second-order valence-electron chi connectivity index (χ2n) is 6.08. The number of nitrogens with zero attached hydrogens (tertiary/aromatic N) is 1. The maximum absolute atomic E-state index is 11.9. The Morgan fingerprint density at radius 1 is 0.913 bits per heavy atom. The molecular weight excluding hydrogens is 288 g/mol. The SMILES string of the molecule is CC(C)c1ccc(-c2ccc(N3CCC(=O)NC3=O)cc2)cc1. The average molecular weight is 308 g/mol. The van der Waals surface area contributed by atoms with Gasteiger partial charge in [-0.3, -0.25) is 15.0 Å². The molecule has 4 nitrogen and oxygen atoms in total. The Balaban J connectivity index is 1.79. The van der Waals surface area contributed by atoms with Crippen molar-refractivity contribution in [1.29, 1.82) is 0 Å². The van der Waals surface area contributed by atoms with Gasteiger partial charge >= 0.3 is 6.03 Å². The van der Waals surface area contributed by atoms with Gasteiger partial charge in [0.1, 0.15) is 0 Å². The fourth-order valence-electron chi connectivity index (χ4n) is 2.70. The number of nitrogens with one attached hydrogen (secondary N) is 1. The third-order valence-electron chi connectivity index (χ3n) is 4.14. The van der Waals surface area contributed by atoms with Gasteiger partial charge in [0.2, 0.25) is 5.91 Å². The van der Waals surface area contributed by atoms with Crippen LogP contribution < -0.4 is 10.2 Å².